The summed E-state index contributed by atoms with van der Waals surface area (Å²) in [6.07, 6.45) is 0.963. The van der Waals surface area contributed by atoms with Crippen LogP contribution in [0.15, 0.2) is 63.8 Å². The predicted molar refractivity (Wildman–Crippen MR) is 141 cm³/mol. The molecule has 0 aliphatic heterocycles. The third kappa shape index (κ3) is 4.21. The van der Waals surface area contributed by atoms with Crippen LogP contribution in [0, 0.1) is 20.8 Å². The van der Waals surface area contributed by atoms with Crippen molar-refractivity contribution in [3.05, 3.63) is 93.2 Å². The topological polar surface area (TPSA) is 75.1 Å². The molecule has 0 radical (unpaired) electrons. The van der Waals surface area contributed by atoms with E-state index in [1.807, 2.05) is 68.8 Å². The van der Waals surface area contributed by atoms with Gasteiger partial charge in [0.1, 0.15) is 22.9 Å². The lowest BCUT2D eigenvalue weighted by Crippen LogP contribution is -2.23. The zero-order valence-electron chi connectivity index (χ0n) is 21.3. The molecule has 5 aromatic rings. The molecule has 5 rings (SSSR count). The monoisotopic (exact) mass is 482 g/mol. The number of hydrogen-bond acceptors (Lipinski definition) is 5. The minimum absolute atomic E-state index is 0.101. The minimum Gasteiger partial charge on any atom is -0.494 e. The molecule has 0 aliphatic carbocycles. The molecule has 0 fully saturated rings. The highest BCUT2D eigenvalue weighted by atomic mass is 16.5. The summed E-state index contributed by atoms with van der Waals surface area (Å²) in [5, 5.41) is 5.79. The molecule has 0 saturated heterocycles. The van der Waals surface area contributed by atoms with Crippen molar-refractivity contribution in [2.75, 3.05) is 6.61 Å². The number of fused-ring (bicyclic) bond motifs is 1. The van der Waals surface area contributed by atoms with E-state index in [4.69, 9.17) is 19.2 Å². The Morgan fingerprint density at radius 3 is 2.36 bits per heavy atom. The molecule has 0 aliphatic rings. The van der Waals surface area contributed by atoms with Crippen LogP contribution in [0.1, 0.15) is 42.1 Å². The summed E-state index contributed by atoms with van der Waals surface area (Å²) in [5.74, 6) is 1.99. The Balaban J connectivity index is 1.60. The van der Waals surface area contributed by atoms with Gasteiger partial charge < -0.3 is 9.15 Å². The van der Waals surface area contributed by atoms with Gasteiger partial charge in [0, 0.05) is 17.0 Å². The van der Waals surface area contributed by atoms with Gasteiger partial charge in [-0.15, -0.1) is 0 Å². The van der Waals surface area contributed by atoms with E-state index >= 15 is 0 Å². The summed E-state index contributed by atoms with van der Waals surface area (Å²) >= 11 is 0. The second-order valence-electron chi connectivity index (χ2n) is 8.95. The fraction of sp³-hybridized carbons (Fsp3) is 0.276. The fourth-order valence-corrected chi connectivity index (χ4v) is 4.58. The molecular formula is C29H30N4O3. The molecule has 0 bridgehead atoms. The molecule has 0 N–H and O–H groups in total. The number of pyridine rings is 1. The predicted octanol–water partition coefficient (Wildman–Crippen LogP) is 5.78. The Bertz CT molecular complexity index is 1590. The molecule has 7 heteroatoms. The number of aromatic nitrogens is 4. The lowest BCUT2D eigenvalue weighted by molar-refractivity contribution is 0.340. The SMILES string of the molecule is CCOc1ccc(-c2nc(Cn3c(=O)cc(C)c4c(C)nn(-c5ccc(CC)cc5)c43)c(C)o2)cc1. The van der Waals surface area contributed by atoms with E-state index in [1.165, 1.54) is 5.56 Å². The molecule has 3 aromatic heterocycles. The zero-order valence-corrected chi connectivity index (χ0v) is 21.3. The van der Waals surface area contributed by atoms with E-state index in [0.29, 0.717) is 24.0 Å². The van der Waals surface area contributed by atoms with Gasteiger partial charge in [-0.2, -0.15) is 5.10 Å². The molecule has 0 unspecified atom stereocenters. The smallest absolute Gasteiger partial charge is 0.252 e. The van der Waals surface area contributed by atoms with Crippen LogP contribution in [0.25, 0.3) is 28.2 Å². The number of aryl methyl sites for hydroxylation is 4. The second-order valence-corrected chi connectivity index (χ2v) is 8.95. The quantitative estimate of drug-likeness (QED) is 0.294. The van der Waals surface area contributed by atoms with Crippen LogP contribution in [0.2, 0.25) is 0 Å². The molecule has 36 heavy (non-hydrogen) atoms. The van der Waals surface area contributed by atoms with Crippen molar-refractivity contribution in [2.45, 2.75) is 47.6 Å². The summed E-state index contributed by atoms with van der Waals surface area (Å²) in [6.45, 7) is 10.8. The van der Waals surface area contributed by atoms with E-state index in [9.17, 15) is 4.79 Å². The number of benzene rings is 2. The van der Waals surface area contributed by atoms with Crippen molar-refractivity contribution < 1.29 is 9.15 Å². The summed E-state index contributed by atoms with van der Waals surface area (Å²) in [5.41, 5.74) is 6.17. The molecule has 3 heterocycles. The van der Waals surface area contributed by atoms with Crippen LogP contribution in [-0.4, -0.2) is 25.9 Å². The summed E-state index contributed by atoms with van der Waals surface area (Å²) in [6, 6.07) is 17.6. The standard InChI is InChI=1S/C29H30N4O3/c1-6-21-8-12-23(13-9-21)33-29-27(19(4)31-33)18(3)16-26(34)32(29)17-25-20(5)36-28(30-25)22-10-14-24(15-11-22)35-7-2/h8-16H,6-7,17H2,1-5H3. The Morgan fingerprint density at radius 2 is 1.69 bits per heavy atom. The maximum atomic E-state index is 13.3. The van der Waals surface area contributed by atoms with Gasteiger partial charge in [0.15, 0.2) is 0 Å². The van der Waals surface area contributed by atoms with E-state index in [0.717, 1.165) is 45.7 Å². The van der Waals surface area contributed by atoms with Gasteiger partial charge in [-0.1, -0.05) is 19.1 Å². The van der Waals surface area contributed by atoms with Crippen LogP contribution in [0.5, 0.6) is 5.75 Å². The van der Waals surface area contributed by atoms with E-state index < -0.39 is 0 Å². The fourth-order valence-electron chi connectivity index (χ4n) is 4.58. The molecule has 0 amide bonds. The molecule has 184 valence electrons. The first-order valence-corrected chi connectivity index (χ1v) is 12.3. The van der Waals surface area contributed by atoms with Crippen molar-refractivity contribution >= 4 is 11.0 Å². The zero-order chi connectivity index (χ0) is 25.4. The van der Waals surface area contributed by atoms with Gasteiger partial charge in [0.25, 0.3) is 5.56 Å². The van der Waals surface area contributed by atoms with E-state index in [2.05, 4.69) is 19.1 Å². The summed E-state index contributed by atoms with van der Waals surface area (Å²) in [7, 11) is 0. The largest absolute Gasteiger partial charge is 0.494 e. The highest BCUT2D eigenvalue weighted by molar-refractivity contribution is 5.83. The van der Waals surface area contributed by atoms with E-state index in [1.54, 1.807) is 10.6 Å². The van der Waals surface area contributed by atoms with Gasteiger partial charge in [-0.05, 0) is 81.6 Å². The van der Waals surface area contributed by atoms with Gasteiger partial charge in [-0.3, -0.25) is 9.36 Å². The first-order valence-electron chi connectivity index (χ1n) is 12.3. The molecule has 0 spiro atoms. The normalized spacial score (nSPS) is 11.4. The van der Waals surface area contributed by atoms with Crippen LogP contribution >= 0.6 is 0 Å². The molecule has 7 nitrogen and oxygen atoms in total. The highest BCUT2D eigenvalue weighted by Crippen LogP contribution is 2.27. The minimum atomic E-state index is -0.101. The third-order valence-electron chi connectivity index (χ3n) is 6.49. The molecular weight excluding hydrogens is 452 g/mol. The average Bonchev–Trinajstić information content (AvgIpc) is 3.42. The lowest BCUT2D eigenvalue weighted by Gasteiger charge is -2.12. The van der Waals surface area contributed by atoms with Crippen molar-refractivity contribution in [1.29, 1.82) is 0 Å². The molecule has 0 atom stereocenters. The van der Waals surface area contributed by atoms with Crippen molar-refractivity contribution in [3.8, 4) is 22.9 Å². The average molecular weight is 483 g/mol. The summed E-state index contributed by atoms with van der Waals surface area (Å²) < 4.78 is 15.1. The van der Waals surface area contributed by atoms with Crippen LogP contribution in [-0.2, 0) is 13.0 Å². The molecule has 2 aromatic carbocycles. The highest BCUT2D eigenvalue weighted by Gasteiger charge is 2.20. The lowest BCUT2D eigenvalue weighted by atomic mass is 10.1. The van der Waals surface area contributed by atoms with Crippen LogP contribution in [0.3, 0.4) is 0 Å². The van der Waals surface area contributed by atoms with Crippen molar-refractivity contribution in [2.24, 2.45) is 0 Å². The summed E-state index contributed by atoms with van der Waals surface area (Å²) in [4.78, 5) is 18.0. The number of oxazole rings is 1. The van der Waals surface area contributed by atoms with Gasteiger partial charge in [-0.25, -0.2) is 9.67 Å². The number of nitrogens with zero attached hydrogens (tertiary/aromatic N) is 4. The second kappa shape index (κ2) is 9.49. The maximum Gasteiger partial charge on any atom is 0.252 e. The Labute approximate surface area is 210 Å². The van der Waals surface area contributed by atoms with Gasteiger partial charge in [0.05, 0.1) is 24.5 Å². The van der Waals surface area contributed by atoms with Crippen LogP contribution in [0.4, 0.5) is 0 Å². The van der Waals surface area contributed by atoms with E-state index in [-0.39, 0.29) is 12.1 Å². The number of hydrogen-bond donors (Lipinski definition) is 0. The Hall–Kier alpha value is -4.13. The third-order valence-corrected chi connectivity index (χ3v) is 6.49. The number of ether oxygens (including phenoxy) is 1. The van der Waals surface area contributed by atoms with Gasteiger partial charge in [0.2, 0.25) is 5.89 Å². The van der Waals surface area contributed by atoms with Crippen molar-refractivity contribution in [1.82, 2.24) is 19.3 Å². The van der Waals surface area contributed by atoms with Crippen LogP contribution < -0.4 is 10.3 Å². The van der Waals surface area contributed by atoms with Gasteiger partial charge >= 0.3 is 0 Å². The first-order chi connectivity index (χ1) is 17.4. The van der Waals surface area contributed by atoms with Crippen molar-refractivity contribution in [3.63, 3.8) is 0 Å². The Kier molecular flexibility index (Phi) is 6.22. The first kappa shape index (κ1) is 23.6. The Morgan fingerprint density at radius 1 is 0.972 bits per heavy atom. The maximum absolute atomic E-state index is 13.3. The molecule has 0 saturated carbocycles. The number of rotatable bonds is 7.